The molecule has 7 heteroatoms. The van der Waals surface area contributed by atoms with Crippen LogP contribution < -0.4 is 14.8 Å². The fourth-order valence-electron chi connectivity index (χ4n) is 3.13. The Morgan fingerprint density at radius 2 is 1.85 bits per heavy atom. The van der Waals surface area contributed by atoms with E-state index in [-0.39, 0.29) is 10.8 Å². The van der Waals surface area contributed by atoms with Gasteiger partial charge in [0.25, 0.3) is 15.9 Å². The van der Waals surface area contributed by atoms with Gasteiger partial charge in [0.05, 0.1) is 17.2 Å². The molecular weight excluding hydrogens is 352 g/mol. The molecule has 3 aromatic carbocycles. The summed E-state index contributed by atoms with van der Waals surface area (Å²) in [6, 6.07) is 15.0. The molecule has 6 nitrogen and oxygen atoms in total. The van der Waals surface area contributed by atoms with Gasteiger partial charge in [0.1, 0.15) is 5.75 Å². The Balaban J connectivity index is 1.84. The van der Waals surface area contributed by atoms with Crippen molar-refractivity contribution < 1.29 is 17.9 Å². The minimum Gasteiger partial charge on any atom is -0.492 e. The number of benzene rings is 3. The molecule has 2 N–H and O–H groups in total. The number of amides is 1. The molecule has 1 aliphatic heterocycles. The van der Waals surface area contributed by atoms with Crippen molar-refractivity contribution in [3.63, 3.8) is 0 Å². The zero-order valence-electron chi connectivity index (χ0n) is 13.9. The van der Waals surface area contributed by atoms with Crippen molar-refractivity contribution in [2.75, 3.05) is 16.6 Å². The Labute approximate surface area is 150 Å². The first-order valence-electron chi connectivity index (χ1n) is 8.13. The summed E-state index contributed by atoms with van der Waals surface area (Å²) in [5.41, 5.74) is 1.46. The van der Waals surface area contributed by atoms with Crippen LogP contribution in [0, 0.1) is 0 Å². The number of hydrogen-bond acceptors (Lipinski definition) is 4. The second kappa shape index (κ2) is 6.03. The Morgan fingerprint density at radius 3 is 2.65 bits per heavy atom. The predicted octanol–water partition coefficient (Wildman–Crippen LogP) is 3.61. The van der Waals surface area contributed by atoms with Gasteiger partial charge in [-0.3, -0.25) is 9.52 Å². The minimum atomic E-state index is -3.87. The molecule has 0 saturated carbocycles. The number of hydrogen-bond donors (Lipinski definition) is 2. The van der Waals surface area contributed by atoms with Gasteiger partial charge in [-0.05, 0) is 37.3 Å². The zero-order chi connectivity index (χ0) is 18.3. The molecule has 0 saturated heterocycles. The fourth-order valence-corrected chi connectivity index (χ4v) is 4.40. The van der Waals surface area contributed by atoms with Gasteiger partial charge in [-0.15, -0.1) is 0 Å². The van der Waals surface area contributed by atoms with Crippen molar-refractivity contribution in [3.05, 3.63) is 60.2 Å². The molecule has 4 rings (SSSR count). The average Bonchev–Trinajstić information content (AvgIpc) is 2.95. The van der Waals surface area contributed by atoms with Gasteiger partial charge in [-0.2, -0.15) is 0 Å². The van der Waals surface area contributed by atoms with E-state index in [1.165, 1.54) is 6.07 Å². The lowest BCUT2D eigenvalue weighted by Crippen LogP contribution is -2.14. The second-order valence-corrected chi connectivity index (χ2v) is 7.48. The molecule has 0 atom stereocenters. The molecule has 0 aliphatic carbocycles. The number of carbonyl (C=O) groups excluding carboxylic acids is 1. The monoisotopic (exact) mass is 368 g/mol. The normalized spacial score (nSPS) is 12.9. The van der Waals surface area contributed by atoms with Gasteiger partial charge >= 0.3 is 0 Å². The lowest BCUT2D eigenvalue weighted by molar-refractivity contribution is 0.103. The number of carbonyl (C=O) groups is 1. The SMILES string of the molecule is CCOc1ccccc1NS(=O)(=O)c1ccc2c3c(cccc13)C(=O)N2. The number of rotatable bonds is 5. The first-order valence-corrected chi connectivity index (χ1v) is 9.61. The molecule has 3 aromatic rings. The third-order valence-corrected chi connectivity index (χ3v) is 5.64. The molecule has 26 heavy (non-hydrogen) atoms. The summed E-state index contributed by atoms with van der Waals surface area (Å²) in [4.78, 5) is 12.1. The maximum absolute atomic E-state index is 13.0. The zero-order valence-corrected chi connectivity index (χ0v) is 14.8. The van der Waals surface area contributed by atoms with Crippen LogP contribution in [0.5, 0.6) is 5.75 Å². The molecule has 1 amide bonds. The van der Waals surface area contributed by atoms with E-state index in [1.54, 1.807) is 48.5 Å². The number of ether oxygens (including phenoxy) is 1. The van der Waals surface area contributed by atoms with Gasteiger partial charge in [-0.1, -0.05) is 24.3 Å². The summed E-state index contributed by atoms with van der Waals surface area (Å²) >= 11 is 0. The van der Waals surface area contributed by atoms with Crippen LogP contribution in [0.1, 0.15) is 17.3 Å². The third kappa shape index (κ3) is 2.57. The maximum Gasteiger partial charge on any atom is 0.262 e. The van der Waals surface area contributed by atoms with Gasteiger partial charge in [0.15, 0.2) is 0 Å². The summed E-state index contributed by atoms with van der Waals surface area (Å²) in [6.07, 6.45) is 0. The van der Waals surface area contributed by atoms with Crippen LogP contribution in [0.25, 0.3) is 10.8 Å². The molecule has 0 spiro atoms. The first kappa shape index (κ1) is 16.4. The summed E-state index contributed by atoms with van der Waals surface area (Å²) in [7, 11) is -3.87. The van der Waals surface area contributed by atoms with Crippen molar-refractivity contribution in [2.24, 2.45) is 0 Å². The molecule has 1 heterocycles. The van der Waals surface area contributed by atoms with Crippen LogP contribution in [0.3, 0.4) is 0 Å². The van der Waals surface area contributed by atoms with Crippen molar-refractivity contribution in [3.8, 4) is 5.75 Å². The van der Waals surface area contributed by atoms with E-state index in [0.717, 1.165) is 0 Å². The van der Waals surface area contributed by atoms with Gasteiger partial charge < -0.3 is 10.1 Å². The number of para-hydroxylation sites is 2. The third-order valence-electron chi connectivity index (χ3n) is 4.21. The van der Waals surface area contributed by atoms with E-state index in [1.807, 2.05) is 6.92 Å². The van der Waals surface area contributed by atoms with E-state index < -0.39 is 10.0 Å². The number of sulfonamides is 1. The van der Waals surface area contributed by atoms with Gasteiger partial charge in [-0.25, -0.2) is 8.42 Å². The highest BCUT2D eigenvalue weighted by Gasteiger charge is 2.26. The largest absolute Gasteiger partial charge is 0.492 e. The minimum absolute atomic E-state index is 0.112. The Bertz CT molecular complexity index is 1140. The molecular formula is C19H16N2O4S. The molecule has 0 fully saturated rings. The number of nitrogens with one attached hydrogen (secondary N) is 2. The summed E-state index contributed by atoms with van der Waals surface area (Å²) in [5.74, 6) is 0.233. The molecule has 132 valence electrons. The standard InChI is InChI=1S/C19H16N2O4S/c1-2-25-16-9-4-3-8-14(16)21-26(23,24)17-11-10-15-18-12(17)6-5-7-13(18)19(22)20-15/h3-11,21H,2H2,1H3,(H,20,22). The Kier molecular flexibility index (Phi) is 3.81. The van der Waals surface area contributed by atoms with Gasteiger partial charge in [0.2, 0.25) is 0 Å². The molecule has 0 unspecified atom stereocenters. The van der Waals surface area contributed by atoms with Gasteiger partial charge in [0, 0.05) is 22.0 Å². The number of anilines is 2. The molecule has 0 bridgehead atoms. The topological polar surface area (TPSA) is 84.5 Å². The highest BCUT2D eigenvalue weighted by Crippen LogP contribution is 2.37. The fraction of sp³-hybridized carbons (Fsp3) is 0.105. The average molecular weight is 368 g/mol. The predicted molar refractivity (Wildman–Crippen MR) is 100 cm³/mol. The van der Waals surface area contributed by atoms with E-state index in [2.05, 4.69) is 10.0 Å². The van der Waals surface area contributed by atoms with Crippen LogP contribution in [0.15, 0.2) is 59.5 Å². The van der Waals surface area contributed by atoms with Crippen molar-refractivity contribution in [1.82, 2.24) is 0 Å². The Hall–Kier alpha value is -3.06. The van der Waals surface area contributed by atoms with Crippen molar-refractivity contribution in [1.29, 1.82) is 0 Å². The van der Waals surface area contributed by atoms with Crippen molar-refractivity contribution in [2.45, 2.75) is 11.8 Å². The lowest BCUT2D eigenvalue weighted by atomic mass is 10.1. The maximum atomic E-state index is 13.0. The molecule has 0 radical (unpaired) electrons. The van der Waals surface area contributed by atoms with E-state index in [4.69, 9.17) is 4.74 Å². The van der Waals surface area contributed by atoms with Crippen LogP contribution in [-0.2, 0) is 10.0 Å². The summed E-state index contributed by atoms with van der Waals surface area (Å²) < 4.78 is 34.1. The molecule has 1 aliphatic rings. The van der Waals surface area contributed by atoms with Crippen LogP contribution in [0.2, 0.25) is 0 Å². The van der Waals surface area contributed by atoms with Crippen LogP contribution in [0.4, 0.5) is 11.4 Å². The quantitative estimate of drug-likeness (QED) is 0.721. The van der Waals surface area contributed by atoms with E-state index in [9.17, 15) is 13.2 Å². The van der Waals surface area contributed by atoms with E-state index >= 15 is 0 Å². The van der Waals surface area contributed by atoms with Crippen LogP contribution >= 0.6 is 0 Å². The second-order valence-electron chi connectivity index (χ2n) is 5.83. The highest BCUT2D eigenvalue weighted by molar-refractivity contribution is 7.93. The first-order chi connectivity index (χ1) is 12.5. The summed E-state index contributed by atoms with van der Waals surface area (Å²) in [5, 5.41) is 3.87. The smallest absolute Gasteiger partial charge is 0.262 e. The summed E-state index contributed by atoms with van der Waals surface area (Å²) in [6.45, 7) is 2.26. The van der Waals surface area contributed by atoms with Crippen molar-refractivity contribution >= 4 is 38.1 Å². The lowest BCUT2D eigenvalue weighted by Gasteiger charge is -2.14. The molecule has 0 aromatic heterocycles. The highest BCUT2D eigenvalue weighted by atomic mass is 32.2. The Morgan fingerprint density at radius 1 is 1.04 bits per heavy atom. The van der Waals surface area contributed by atoms with Crippen LogP contribution in [-0.4, -0.2) is 20.9 Å². The van der Waals surface area contributed by atoms with E-state index in [0.29, 0.717) is 40.1 Å².